The lowest BCUT2D eigenvalue weighted by Gasteiger charge is -2.35. The third-order valence-electron chi connectivity index (χ3n) is 4.14. The molecular weight excluding hydrogens is 326 g/mol. The van der Waals surface area contributed by atoms with Gasteiger partial charge in [-0.3, -0.25) is 4.90 Å². The number of nitrogens with zero attached hydrogens (tertiary/aromatic N) is 5. The average Bonchev–Trinajstić information content (AvgIpc) is 2.86. The molecular formula is C16H23N5S2. The molecule has 1 saturated heterocycles. The number of hydrogen-bond acceptors (Lipinski definition) is 7. The fraction of sp³-hybridized carbons (Fsp3) is 0.562. The summed E-state index contributed by atoms with van der Waals surface area (Å²) in [7, 11) is 0. The fourth-order valence-corrected chi connectivity index (χ4v) is 4.19. The van der Waals surface area contributed by atoms with Crippen molar-refractivity contribution in [3.8, 4) is 0 Å². The molecule has 5 nitrogen and oxygen atoms in total. The van der Waals surface area contributed by atoms with Gasteiger partial charge in [0.2, 0.25) is 0 Å². The summed E-state index contributed by atoms with van der Waals surface area (Å²) in [6.45, 7) is 11.5. The lowest BCUT2D eigenvalue weighted by Crippen LogP contribution is -2.46. The summed E-state index contributed by atoms with van der Waals surface area (Å²) in [5.41, 5.74) is 2.34. The number of thiazole rings is 1. The molecule has 2 aromatic heterocycles. The molecule has 23 heavy (non-hydrogen) atoms. The van der Waals surface area contributed by atoms with Crippen LogP contribution in [0.1, 0.15) is 21.1 Å². The lowest BCUT2D eigenvalue weighted by atomic mass is 10.2. The van der Waals surface area contributed by atoms with Crippen LogP contribution in [-0.4, -0.2) is 52.3 Å². The van der Waals surface area contributed by atoms with Gasteiger partial charge in [0.25, 0.3) is 0 Å². The fourth-order valence-electron chi connectivity index (χ4n) is 2.88. The van der Waals surface area contributed by atoms with Gasteiger partial charge in [0.15, 0.2) is 5.16 Å². The van der Waals surface area contributed by atoms with Crippen LogP contribution >= 0.6 is 23.1 Å². The van der Waals surface area contributed by atoms with Crippen LogP contribution in [0.2, 0.25) is 0 Å². The zero-order valence-electron chi connectivity index (χ0n) is 14.2. The van der Waals surface area contributed by atoms with Crippen molar-refractivity contribution in [2.24, 2.45) is 0 Å². The average molecular weight is 350 g/mol. The maximum Gasteiger partial charge on any atom is 0.189 e. The highest BCUT2D eigenvalue weighted by atomic mass is 32.2. The van der Waals surface area contributed by atoms with Gasteiger partial charge in [0.1, 0.15) is 5.82 Å². The quantitative estimate of drug-likeness (QED) is 0.625. The Morgan fingerprint density at radius 2 is 1.87 bits per heavy atom. The summed E-state index contributed by atoms with van der Waals surface area (Å²) in [4.78, 5) is 19.9. The molecule has 2 aromatic rings. The van der Waals surface area contributed by atoms with E-state index < -0.39 is 0 Å². The van der Waals surface area contributed by atoms with Crippen molar-refractivity contribution >= 4 is 28.9 Å². The molecule has 0 atom stereocenters. The molecule has 3 heterocycles. The highest BCUT2D eigenvalue weighted by Crippen LogP contribution is 2.23. The molecule has 0 N–H and O–H groups in total. The van der Waals surface area contributed by atoms with E-state index >= 15 is 0 Å². The van der Waals surface area contributed by atoms with Crippen LogP contribution in [0.4, 0.5) is 5.82 Å². The maximum atomic E-state index is 4.69. The van der Waals surface area contributed by atoms with E-state index in [0.717, 1.165) is 54.3 Å². The molecule has 124 valence electrons. The Morgan fingerprint density at radius 3 is 2.48 bits per heavy atom. The maximum absolute atomic E-state index is 4.69. The van der Waals surface area contributed by atoms with E-state index in [1.807, 2.05) is 23.8 Å². The number of aromatic nitrogens is 3. The van der Waals surface area contributed by atoms with Crippen molar-refractivity contribution in [2.45, 2.75) is 32.5 Å². The zero-order chi connectivity index (χ0) is 16.4. The summed E-state index contributed by atoms with van der Waals surface area (Å²) >= 11 is 3.42. The Balaban J connectivity index is 1.63. The van der Waals surface area contributed by atoms with Crippen LogP contribution in [0.3, 0.4) is 0 Å². The topological polar surface area (TPSA) is 45.2 Å². The van der Waals surface area contributed by atoms with Crippen molar-refractivity contribution < 1.29 is 0 Å². The third kappa shape index (κ3) is 3.84. The Kier molecular flexibility index (Phi) is 5.18. The SMILES string of the molecule is CSc1ncc(C)c(N2CCN(Cc3sc(C)nc3C)CC2)n1. The minimum absolute atomic E-state index is 0.851. The summed E-state index contributed by atoms with van der Waals surface area (Å²) < 4.78 is 0. The first-order chi connectivity index (χ1) is 11.1. The first kappa shape index (κ1) is 16.7. The van der Waals surface area contributed by atoms with Crippen LogP contribution in [0, 0.1) is 20.8 Å². The van der Waals surface area contributed by atoms with E-state index in [1.54, 1.807) is 11.8 Å². The van der Waals surface area contributed by atoms with Crippen LogP contribution in [-0.2, 0) is 6.54 Å². The normalized spacial score (nSPS) is 16.1. The van der Waals surface area contributed by atoms with Crippen molar-refractivity contribution in [1.82, 2.24) is 19.9 Å². The number of rotatable bonds is 4. The van der Waals surface area contributed by atoms with Crippen LogP contribution in [0.25, 0.3) is 0 Å². The summed E-state index contributed by atoms with van der Waals surface area (Å²) in [6.07, 6.45) is 3.95. The number of thioether (sulfide) groups is 1. The lowest BCUT2D eigenvalue weighted by molar-refractivity contribution is 0.250. The van der Waals surface area contributed by atoms with E-state index in [-0.39, 0.29) is 0 Å². The largest absolute Gasteiger partial charge is 0.354 e. The highest BCUT2D eigenvalue weighted by Gasteiger charge is 2.21. The van der Waals surface area contributed by atoms with E-state index in [0.29, 0.717) is 0 Å². The molecule has 7 heteroatoms. The molecule has 0 radical (unpaired) electrons. The van der Waals surface area contributed by atoms with Gasteiger partial charge in [-0.05, 0) is 27.0 Å². The molecule has 0 saturated carbocycles. The van der Waals surface area contributed by atoms with Crippen molar-refractivity contribution in [2.75, 3.05) is 37.3 Å². The second-order valence-electron chi connectivity index (χ2n) is 5.87. The number of hydrogen-bond donors (Lipinski definition) is 0. The second-order valence-corrected chi connectivity index (χ2v) is 7.93. The Morgan fingerprint density at radius 1 is 1.13 bits per heavy atom. The smallest absolute Gasteiger partial charge is 0.189 e. The number of anilines is 1. The molecule has 0 unspecified atom stereocenters. The molecule has 1 aliphatic heterocycles. The second kappa shape index (κ2) is 7.15. The van der Waals surface area contributed by atoms with Crippen LogP contribution in [0.15, 0.2) is 11.4 Å². The highest BCUT2D eigenvalue weighted by molar-refractivity contribution is 7.98. The molecule has 0 amide bonds. The Hall–Kier alpha value is -1.18. The predicted molar refractivity (Wildman–Crippen MR) is 97.6 cm³/mol. The minimum atomic E-state index is 0.851. The monoisotopic (exact) mass is 349 g/mol. The molecule has 0 spiro atoms. The minimum Gasteiger partial charge on any atom is -0.354 e. The molecule has 1 fully saturated rings. The molecule has 0 bridgehead atoms. The van der Waals surface area contributed by atoms with Crippen LogP contribution in [0.5, 0.6) is 0 Å². The number of aryl methyl sites for hydroxylation is 3. The number of piperazine rings is 1. The van der Waals surface area contributed by atoms with E-state index in [9.17, 15) is 0 Å². The van der Waals surface area contributed by atoms with Crippen molar-refractivity contribution in [1.29, 1.82) is 0 Å². The predicted octanol–water partition coefficient (Wildman–Crippen LogP) is 2.90. The molecule has 3 rings (SSSR count). The van der Waals surface area contributed by atoms with Crippen molar-refractivity contribution in [3.05, 3.63) is 27.3 Å². The van der Waals surface area contributed by atoms with Gasteiger partial charge in [-0.1, -0.05) is 11.8 Å². The Labute approximate surface area is 146 Å². The first-order valence-electron chi connectivity index (χ1n) is 7.84. The Bertz CT molecular complexity index is 677. The molecule has 1 aliphatic rings. The van der Waals surface area contributed by atoms with Gasteiger partial charge in [-0.2, -0.15) is 0 Å². The summed E-state index contributed by atoms with van der Waals surface area (Å²) in [6, 6.07) is 0. The first-order valence-corrected chi connectivity index (χ1v) is 9.89. The van der Waals surface area contributed by atoms with Crippen molar-refractivity contribution in [3.63, 3.8) is 0 Å². The molecule has 0 aliphatic carbocycles. The van der Waals surface area contributed by atoms with E-state index in [2.05, 4.69) is 40.5 Å². The van der Waals surface area contributed by atoms with E-state index in [1.165, 1.54) is 10.6 Å². The molecule has 0 aromatic carbocycles. The van der Waals surface area contributed by atoms with Crippen LogP contribution < -0.4 is 4.90 Å². The van der Waals surface area contributed by atoms with Gasteiger partial charge in [0, 0.05) is 49.4 Å². The van der Waals surface area contributed by atoms with Gasteiger partial charge >= 0.3 is 0 Å². The third-order valence-corrected chi connectivity index (χ3v) is 5.76. The van der Waals surface area contributed by atoms with Gasteiger partial charge in [-0.25, -0.2) is 15.0 Å². The van der Waals surface area contributed by atoms with Gasteiger partial charge < -0.3 is 4.90 Å². The van der Waals surface area contributed by atoms with E-state index in [4.69, 9.17) is 4.98 Å². The van der Waals surface area contributed by atoms with Gasteiger partial charge in [-0.15, -0.1) is 11.3 Å². The standard InChI is InChI=1S/C16H23N5S2/c1-11-9-17-16(22-4)19-15(11)21-7-5-20(6-8-21)10-14-12(2)18-13(3)23-14/h9H,5-8,10H2,1-4H3. The van der Waals surface area contributed by atoms with Gasteiger partial charge in [0.05, 0.1) is 10.7 Å². The zero-order valence-corrected chi connectivity index (χ0v) is 15.8. The summed E-state index contributed by atoms with van der Waals surface area (Å²) in [5, 5.41) is 2.01. The summed E-state index contributed by atoms with van der Waals surface area (Å²) in [5.74, 6) is 1.09.